The lowest BCUT2D eigenvalue weighted by Gasteiger charge is -2.06. The molecule has 140 valence electrons. The lowest BCUT2D eigenvalue weighted by atomic mass is 10.1. The maximum atomic E-state index is 12.3. The van der Waals surface area contributed by atoms with Crippen molar-refractivity contribution in [2.45, 2.75) is 39.7 Å². The van der Waals surface area contributed by atoms with E-state index in [0.29, 0.717) is 6.54 Å². The summed E-state index contributed by atoms with van der Waals surface area (Å²) in [6.45, 7) is 4.75. The van der Waals surface area contributed by atoms with Crippen LogP contribution in [0.25, 0.3) is 10.9 Å². The van der Waals surface area contributed by atoms with Crippen molar-refractivity contribution in [2.24, 2.45) is 10.2 Å². The standard InChI is InChI=1S/C21H23N3O3/c1-3-4-7-12-24-17-11-10-14(2)13-16(17)19(21(24)27)22-23-20(26)15-8-5-6-9-18(15)25/h5-6,8-11,13,25,27H,3-4,7,12H2,1-2H3. The van der Waals surface area contributed by atoms with Crippen molar-refractivity contribution >= 4 is 22.5 Å². The summed E-state index contributed by atoms with van der Waals surface area (Å²) in [5.74, 6) is -0.809. The molecular weight excluding hydrogens is 342 g/mol. The van der Waals surface area contributed by atoms with E-state index in [1.54, 1.807) is 12.1 Å². The second-order valence-electron chi connectivity index (χ2n) is 6.57. The largest absolute Gasteiger partial charge is 0.507 e. The van der Waals surface area contributed by atoms with Gasteiger partial charge in [-0.3, -0.25) is 4.79 Å². The highest BCUT2D eigenvalue weighted by Gasteiger charge is 2.17. The Kier molecular flexibility index (Phi) is 5.54. The molecule has 0 aliphatic carbocycles. The molecule has 6 nitrogen and oxygen atoms in total. The minimum absolute atomic E-state index is 0.000497. The molecule has 0 fully saturated rings. The molecule has 0 radical (unpaired) electrons. The summed E-state index contributed by atoms with van der Waals surface area (Å²) in [6.07, 6.45) is 3.09. The van der Waals surface area contributed by atoms with Crippen molar-refractivity contribution in [3.05, 3.63) is 53.6 Å². The number of hydrogen-bond acceptors (Lipinski definition) is 4. The molecular formula is C21H23N3O3. The minimum Gasteiger partial charge on any atom is -0.507 e. The molecule has 0 spiro atoms. The Bertz CT molecular complexity index is 1010. The average Bonchev–Trinajstić information content (AvgIpc) is 2.91. The second-order valence-corrected chi connectivity index (χ2v) is 6.57. The molecule has 0 aliphatic rings. The SMILES string of the molecule is CCCCCn1c(O)c(N=NC(=O)c2ccccc2O)c2cc(C)ccc21. The van der Waals surface area contributed by atoms with Gasteiger partial charge in [0.05, 0.1) is 11.1 Å². The molecule has 1 aromatic heterocycles. The first-order valence-corrected chi connectivity index (χ1v) is 9.08. The third kappa shape index (κ3) is 3.84. The van der Waals surface area contributed by atoms with E-state index in [9.17, 15) is 15.0 Å². The predicted octanol–water partition coefficient (Wildman–Crippen LogP) is 5.48. The fraction of sp³-hybridized carbons (Fsp3) is 0.286. The van der Waals surface area contributed by atoms with E-state index in [4.69, 9.17) is 0 Å². The summed E-state index contributed by atoms with van der Waals surface area (Å²) < 4.78 is 1.81. The number of fused-ring (bicyclic) bond motifs is 1. The van der Waals surface area contributed by atoms with Gasteiger partial charge in [0.1, 0.15) is 5.75 Å². The third-order valence-corrected chi connectivity index (χ3v) is 4.53. The Labute approximate surface area is 157 Å². The average molecular weight is 365 g/mol. The first kappa shape index (κ1) is 18.6. The van der Waals surface area contributed by atoms with Crippen molar-refractivity contribution in [1.29, 1.82) is 0 Å². The molecule has 0 bridgehead atoms. The number of rotatable bonds is 6. The fourth-order valence-electron chi connectivity index (χ4n) is 3.09. The molecule has 0 atom stereocenters. The van der Waals surface area contributed by atoms with Crippen molar-refractivity contribution in [2.75, 3.05) is 0 Å². The molecule has 2 N–H and O–H groups in total. The van der Waals surface area contributed by atoms with Gasteiger partial charge in [0.15, 0.2) is 5.69 Å². The smallest absolute Gasteiger partial charge is 0.299 e. The monoisotopic (exact) mass is 365 g/mol. The van der Waals surface area contributed by atoms with Crippen LogP contribution in [0, 0.1) is 6.92 Å². The van der Waals surface area contributed by atoms with Crippen LogP contribution in [0.4, 0.5) is 5.69 Å². The highest BCUT2D eigenvalue weighted by molar-refractivity contribution is 5.99. The van der Waals surface area contributed by atoms with Crippen LogP contribution in [0.1, 0.15) is 42.1 Å². The van der Waals surface area contributed by atoms with Gasteiger partial charge in [0.25, 0.3) is 5.91 Å². The van der Waals surface area contributed by atoms with E-state index in [2.05, 4.69) is 17.2 Å². The molecule has 6 heteroatoms. The Morgan fingerprint density at radius 1 is 1.11 bits per heavy atom. The van der Waals surface area contributed by atoms with Crippen LogP contribution in [-0.4, -0.2) is 20.7 Å². The Hall–Kier alpha value is -3.15. The number of unbranched alkanes of at least 4 members (excludes halogenated alkanes) is 2. The van der Waals surface area contributed by atoms with Crippen LogP contribution in [0.15, 0.2) is 52.7 Å². The van der Waals surface area contributed by atoms with Crippen LogP contribution >= 0.6 is 0 Å². The number of amides is 1. The molecule has 2 aromatic carbocycles. The number of benzene rings is 2. The zero-order valence-electron chi connectivity index (χ0n) is 15.5. The van der Waals surface area contributed by atoms with Gasteiger partial charge < -0.3 is 14.8 Å². The van der Waals surface area contributed by atoms with Crippen molar-refractivity contribution < 1.29 is 15.0 Å². The van der Waals surface area contributed by atoms with Crippen LogP contribution in [0.3, 0.4) is 0 Å². The van der Waals surface area contributed by atoms with E-state index >= 15 is 0 Å². The van der Waals surface area contributed by atoms with Gasteiger partial charge in [0.2, 0.25) is 5.88 Å². The second kappa shape index (κ2) is 8.03. The molecule has 1 amide bonds. The number of phenolic OH excluding ortho intramolecular Hbond substituents is 1. The van der Waals surface area contributed by atoms with Gasteiger partial charge in [0, 0.05) is 11.9 Å². The van der Waals surface area contributed by atoms with E-state index in [1.807, 2.05) is 29.7 Å². The van der Waals surface area contributed by atoms with E-state index in [-0.39, 0.29) is 22.9 Å². The quantitative estimate of drug-likeness (QED) is 0.448. The highest BCUT2D eigenvalue weighted by Crippen LogP contribution is 2.39. The summed E-state index contributed by atoms with van der Waals surface area (Å²) in [6, 6.07) is 12.0. The van der Waals surface area contributed by atoms with Crippen molar-refractivity contribution in [3.63, 3.8) is 0 Å². The summed E-state index contributed by atoms with van der Waals surface area (Å²) in [7, 11) is 0. The highest BCUT2D eigenvalue weighted by atomic mass is 16.3. The van der Waals surface area contributed by atoms with Gasteiger partial charge in [-0.15, -0.1) is 10.2 Å². The van der Waals surface area contributed by atoms with Crippen molar-refractivity contribution in [3.8, 4) is 11.6 Å². The molecule has 3 aromatic rings. The van der Waals surface area contributed by atoms with Gasteiger partial charge in [-0.05, 0) is 37.6 Å². The Balaban J connectivity index is 2.00. The van der Waals surface area contributed by atoms with E-state index in [0.717, 1.165) is 35.7 Å². The molecule has 0 saturated heterocycles. The number of carbonyl (C=O) groups excluding carboxylic acids is 1. The van der Waals surface area contributed by atoms with Gasteiger partial charge in [-0.1, -0.05) is 43.5 Å². The maximum Gasteiger partial charge on any atom is 0.299 e. The Morgan fingerprint density at radius 3 is 2.63 bits per heavy atom. The van der Waals surface area contributed by atoms with Crippen LogP contribution in [-0.2, 0) is 6.54 Å². The number of nitrogens with zero attached hydrogens (tertiary/aromatic N) is 3. The summed E-state index contributed by atoms with van der Waals surface area (Å²) in [5.41, 5.74) is 2.23. The molecule has 0 aliphatic heterocycles. The third-order valence-electron chi connectivity index (χ3n) is 4.53. The molecule has 3 rings (SSSR count). The summed E-state index contributed by atoms with van der Waals surface area (Å²) in [4.78, 5) is 12.3. The number of hydrogen-bond donors (Lipinski definition) is 2. The van der Waals surface area contributed by atoms with Gasteiger partial charge in [-0.25, -0.2) is 0 Å². The topological polar surface area (TPSA) is 87.2 Å². The lowest BCUT2D eigenvalue weighted by molar-refractivity contribution is 0.0992. The maximum absolute atomic E-state index is 12.3. The van der Waals surface area contributed by atoms with Crippen molar-refractivity contribution in [1.82, 2.24) is 4.57 Å². The molecule has 1 heterocycles. The fourth-order valence-corrected chi connectivity index (χ4v) is 3.09. The summed E-state index contributed by atoms with van der Waals surface area (Å²) in [5, 5.41) is 29.0. The number of phenols is 1. The lowest BCUT2D eigenvalue weighted by Crippen LogP contribution is -1.97. The van der Waals surface area contributed by atoms with Gasteiger partial charge in [-0.2, -0.15) is 0 Å². The van der Waals surface area contributed by atoms with Gasteiger partial charge >= 0.3 is 0 Å². The first-order valence-electron chi connectivity index (χ1n) is 9.08. The molecule has 0 unspecified atom stereocenters. The zero-order valence-corrected chi connectivity index (χ0v) is 15.5. The molecule has 0 saturated carbocycles. The predicted molar refractivity (Wildman–Crippen MR) is 105 cm³/mol. The number of azo groups is 1. The summed E-state index contributed by atoms with van der Waals surface area (Å²) >= 11 is 0. The number of aromatic hydroxyl groups is 2. The van der Waals surface area contributed by atoms with Crippen LogP contribution < -0.4 is 0 Å². The number of aromatic nitrogens is 1. The van der Waals surface area contributed by atoms with E-state index in [1.165, 1.54) is 12.1 Å². The molecule has 27 heavy (non-hydrogen) atoms. The normalized spacial score (nSPS) is 11.5. The number of aryl methyl sites for hydroxylation is 2. The van der Waals surface area contributed by atoms with Crippen LogP contribution in [0.5, 0.6) is 11.6 Å². The zero-order chi connectivity index (χ0) is 19.4. The number of para-hydroxylation sites is 1. The number of carbonyl (C=O) groups is 1. The first-order chi connectivity index (χ1) is 13.0. The van der Waals surface area contributed by atoms with E-state index < -0.39 is 5.91 Å². The Morgan fingerprint density at radius 2 is 1.89 bits per heavy atom. The van der Waals surface area contributed by atoms with Crippen LogP contribution in [0.2, 0.25) is 0 Å². The minimum atomic E-state index is -0.660.